The van der Waals surface area contributed by atoms with Gasteiger partial charge in [0, 0.05) is 38.6 Å². The Kier molecular flexibility index (Phi) is 11.2. The molecule has 1 fully saturated rings. The summed E-state index contributed by atoms with van der Waals surface area (Å²) >= 11 is 0. The number of imidazole rings is 1. The van der Waals surface area contributed by atoms with Crippen LogP contribution in [-0.2, 0) is 31.9 Å². The topological polar surface area (TPSA) is 148 Å². The molecule has 5 rings (SSSR count). The van der Waals surface area contributed by atoms with E-state index in [0.717, 1.165) is 11.6 Å². The van der Waals surface area contributed by atoms with Gasteiger partial charge in [0.1, 0.15) is 17.9 Å². The monoisotopic (exact) mass is 692 g/mol. The number of carbonyl (C=O) groups excluding carboxylic acids is 3. The summed E-state index contributed by atoms with van der Waals surface area (Å²) in [7, 11) is 0. The van der Waals surface area contributed by atoms with Gasteiger partial charge in [-0.25, -0.2) is 9.97 Å². The van der Waals surface area contributed by atoms with Gasteiger partial charge in [-0.3, -0.25) is 14.4 Å². The number of rotatable bonds is 12. The fourth-order valence-electron chi connectivity index (χ4n) is 5.41. The predicted octanol–water partition coefficient (Wildman–Crippen LogP) is 3.61. The minimum Gasteiger partial charge on any atom is -0.374 e. The third-order valence-electron chi connectivity index (χ3n) is 8.09. The Morgan fingerprint density at radius 1 is 0.920 bits per heavy atom. The van der Waals surface area contributed by atoms with Crippen molar-refractivity contribution in [2.45, 2.75) is 44.3 Å². The van der Waals surface area contributed by atoms with Crippen molar-refractivity contribution in [3.8, 4) is 0 Å². The molecular weight excluding hydrogens is 653 g/mol. The molecule has 50 heavy (non-hydrogen) atoms. The van der Waals surface area contributed by atoms with Crippen LogP contribution in [0.4, 0.5) is 24.8 Å². The number of aromatic nitrogens is 3. The number of piperazine rings is 1. The van der Waals surface area contributed by atoms with Gasteiger partial charge in [0.05, 0.1) is 30.6 Å². The van der Waals surface area contributed by atoms with Gasteiger partial charge in [0.15, 0.2) is 5.82 Å². The molecule has 1 aliphatic heterocycles. The molecule has 15 heteroatoms. The van der Waals surface area contributed by atoms with Gasteiger partial charge >= 0.3 is 6.18 Å². The van der Waals surface area contributed by atoms with E-state index in [-0.39, 0.29) is 56.9 Å². The van der Waals surface area contributed by atoms with Gasteiger partial charge in [-0.05, 0) is 37.1 Å². The maximum atomic E-state index is 14.1. The molecule has 0 radical (unpaired) electrons. The SMILES string of the molecule is CC(C)(N)C(=O)N[C@H](COCc1ccccc1)C(=O)Nc1cn(C(C(=O)N2CCN(c3ncccc3C(F)(F)F)CC2)c2ccccc2)cn1. The van der Waals surface area contributed by atoms with Gasteiger partial charge in [0.25, 0.3) is 5.91 Å². The average Bonchev–Trinajstić information content (AvgIpc) is 3.55. The Labute approximate surface area is 287 Å². The zero-order valence-corrected chi connectivity index (χ0v) is 27.6. The summed E-state index contributed by atoms with van der Waals surface area (Å²) in [5, 5.41) is 5.34. The number of benzene rings is 2. The first-order valence-corrected chi connectivity index (χ1v) is 16.0. The molecule has 0 saturated carbocycles. The average molecular weight is 693 g/mol. The molecule has 1 unspecified atom stereocenters. The number of hydrogen-bond acceptors (Lipinski definition) is 8. The quantitative estimate of drug-likeness (QED) is 0.204. The zero-order valence-electron chi connectivity index (χ0n) is 27.6. The highest BCUT2D eigenvalue weighted by Gasteiger charge is 2.37. The first-order valence-electron chi connectivity index (χ1n) is 16.0. The third kappa shape index (κ3) is 9.03. The summed E-state index contributed by atoms with van der Waals surface area (Å²) in [4.78, 5) is 51.6. The highest BCUT2D eigenvalue weighted by Crippen LogP contribution is 2.35. The molecule has 0 aliphatic carbocycles. The maximum absolute atomic E-state index is 14.1. The van der Waals surface area contributed by atoms with Gasteiger partial charge in [-0.15, -0.1) is 0 Å². The molecule has 3 heterocycles. The maximum Gasteiger partial charge on any atom is 0.419 e. The minimum atomic E-state index is -4.56. The number of carbonyl (C=O) groups is 3. The Balaban J connectivity index is 1.30. The van der Waals surface area contributed by atoms with Crippen molar-refractivity contribution in [2.75, 3.05) is 43.0 Å². The van der Waals surface area contributed by atoms with Crippen molar-refractivity contribution in [1.29, 1.82) is 0 Å². The van der Waals surface area contributed by atoms with Crippen molar-refractivity contribution >= 4 is 29.4 Å². The summed E-state index contributed by atoms with van der Waals surface area (Å²) in [6, 6.07) is 18.5. The van der Waals surface area contributed by atoms with Crippen molar-refractivity contribution in [1.82, 2.24) is 24.8 Å². The largest absolute Gasteiger partial charge is 0.419 e. The van der Waals surface area contributed by atoms with Gasteiger partial charge in [-0.1, -0.05) is 60.7 Å². The first kappa shape index (κ1) is 36.0. The Bertz CT molecular complexity index is 1750. The molecule has 1 saturated heterocycles. The van der Waals surface area contributed by atoms with Crippen LogP contribution in [0.2, 0.25) is 0 Å². The number of amides is 3. The molecule has 1 aliphatic rings. The van der Waals surface area contributed by atoms with E-state index < -0.39 is 41.2 Å². The van der Waals surface area contributed by atoms with Gasteiger partial charge < -0.3 is 35.5 Å². The second kappa shape index (κ2) is 15.5. The number of hydrogen-bond donors (Lipinski definition) is 3. The van der Waals surface area contributed by atoms with E-state index in [4.69, 9.17) is 10.5 Å². The fraction of sp³-hybridized carbons (Fsp3) is 0.343. The predicted molar refractivity (Wildman–Crippen MR) is 180 cm³/mol. The lowest BCUT2D eigenvalue weighted by Crippen LogP contribution is -2.56. The first-order chi connectivity index (χ1) is 23.8. The van der Waals surface area contributed by atoms with E-state index in [1.54, 1.807) is 33.7 Å². The van der Waals surface area contributed by atoms with E-state index in [0.29, 0.717) is 5.56 Å². The molecule has 4 aromatic rings. The smallest absolute Gasteiger partial charge is 0.374 e. The second-order valence-electron chi connectivity index (χ2n) is 12.4. The Morgan fingerprint density at radius 2 is 1.58 bits per heavy atom. The van der Waals surface area contributed by atoms with Crippen LogP contribution in [-0.4, -0.2) is 81.5 Å². The normalized spacial score (nSPS) is 14.9. The fourth-order valence-corrected chi connectivity index (χ4v) is 5.41. The van der Waals surface area contributed by atoms with E-state index in [1.165, 1.54) is 43.5 Å². The lowest BCUT2D eigenvalue weighted by Gasteiger charge is -2.38. The van der Waals surface area contributed by atoms with Crippen molar-refractivity contribution in [2.24, 2.45) is 5.73 Å². The zero-order chi connectivity index (χ0) is 35.9. The summed E-state index contributed by atoms with van der Waals surface area (Å²) in [6.45, 7) is 3.72. The van der Waals surface area contributed by atoms with E-state index in [9.17, 15) is 27.6 Å². The summed E-state index contributed by atoms with van der Waals surface area (Å²) in [6.07, 6.45) is -0.335. The van der Waals surface area contributed by atoms with Gasteiger partial charge in [-0.2, -0.15) is 13.2 Å². The molecule has 2 aromatic heterocycles. The third-order valence-corrected chi connectivity index (χ3v) is 8.09. The van der Waals surface area contributed by atoms with Crippen LogP contribution < -0.4 is 21.3 Å². The standard InChI is InChI=1S/C35H39F3N8O4/c1-34(2,39)33(49)42-27(22-50-21-24-10-5-3-6-11-24)31(47)43-28-20-46(23-41-28)29(25-12-7-4-8-13-25)32(48)45-18-16-44(17-19-45)30-26(35(36,37)38)14-9-15-40-30/h3-15,20,23,27,29H,16-19,21-22,39H2,1-2H3,(H,42,49)(H,43,47)/t27-,29?/m1/s1. The van der Waals surface area contributed by atoms with Crippen LogP contribution in [0, 0.1) is 0 Å². The number of anilines is 2. The van der Waals surface area contributed by atoms with Crippen LogP contribution >= 0.6 is 0 Å². The lowest BCUT2D eigenvalue weighted by atomic mass is 10.0. The molecule has 3 amide bonds. The summed E-state index contributed by atoms with van der Waals surface area (Å²) < 4.78 is 48.2. The van der Waals surface area contributed by atoms with Crippen LogP contribution in [0.25, 0.3) is 0 Å². The van der Waals surface area contributed by atoms with Gasteiger partial charge in [0.2, 0.25) is 11.8 Å². The highest BCUT2D eigenvalue weighted by molar-refractivity contribution is 5.98. The van der Waals surface area contributed by atoms with E-state index >= 15 is 0 Å². The molecular formula is C35H39F3N8O4. The molecule has 2 atom stereocenters. The molecule has 12 nitrogen and oxygen atoms in total. The summed E-state index contributed by atoms with van der Waals surface area (Å²) in [5.74, 6) is -1.51. The summed E-state index contributed by atoms with van der Waals surface area (Å²) in [5.41, 5.74) is 5.40. The highest BCUT2D eigenvalue weighted by atomic mass is 19.4. The van der Waals surface area contributed by atoms with Crippen LogP contribution in [0.15, 0.2) is 91.5 Å². The number of alkyl halides is 3. The van der Waals surface area contributed by atoms with Crippen molar-refractivity contribution in [3.05, 3.63) is 108 Å². The molecule has 264 valence electrons. The number of ether oxygens (including phenoxy) is 1. The Hall–Kier alpha value is -5.28. The number of pyridine rings is 1. The molecule has 0 bridgehead atoms. The lowest BCUT2D eigenvalue weighted by molar-refractivity contribution is -0.138. The number of halogens is 3. The number of nitrogens with one attached hydrogen (secondary N) is 2. The van der Waals surface area contributed by atoms with Crippen molar-refractivity contribution in [3.63, 3.8) is 0 Å². The van der Waals surface area contributed by atoms with E-state index in [2.05, 4.69) is 20.6 Å². The number of nitrogens with two attached hydrogens (primary N) is 1. The van der Waals surface area contributed by atoms with Crippen LogP contribution in [0.5, 0.6) is 0 Å². The molecule has 4 N–H and O–H groups in total. The molecule has 2 aromatic carbocycles. The van der Waals surface area contributed by atoms with Crippen LogP contribution in [0.1, 0.15) is 36.6 Å². The number of nitrogens with zero attached hydrogens (tertiary/aromatic N) is 5. The minimum absolute atomic E-state index is 0.123. The second-order valence-corrected chi connectivity index (χ2v) is 12.4. The van der Waals surface area contributed by atoms with E-state index in [1.807, 2.05) is 36.4 Å². The van der Waals surface area contributed by atoms with Crippen molar-refractivity contribution < 1.29 is 32.3 Å². The van der Waals surface area contributed by atoms with Crippen LogP contribution in [0.3, 0.4) is 0 Å². The Morgan fingerprint density at radius 3 is 2.22 bits per heavy atom. The molecule has 0 spiro atoms.